The molecule has 1 atom stereocenters. The zero-order valence-electron chi connectivity index (χ0n) is 10.0. The Morgan fingerprint density at radius 2 is 2.22 bits per heavy atom. The van der Waals surface area contributed by atoms with Gasteiger partial charge in [-0.1, -0.05) is 28.1 Å². The number of nitrogens with one attached hydrogen (secondary N) is 1. The van der Waals surface area contributed by atoms with Crippen molar-refractivity contribution < 1.29 is 4.74 Å². The average Bonchev–Trinajstić information content (AvgIpc) is 2.41. The van der Waals surface area contributed by atoms with Crippen LogP contribution in [0.3, 0.4) is 0 Å². The van der Waals surface area contributed by atoms with Crippen molar-refractivity contribution in [3.8, 4) is 0 Å². The van der Waals surface area contributed by atoms with Crippen molar-refractivity contribution in [1.82, 2.24) is 4.98 Å². The summed E-state index contributed by atoms with van der Waals surface area (Å²) in [6, 6.07) is 8.59. The Morgan fingerprint density at radius 1 is 1.28 bits per heavy atom. The van der Waals surface area contributed by atoms with Crippen molar-refractivity contribution in [2.24, 2.45) is 0 Å². The number of hydrogen-bond donors (Lipinski definition) is 1. The minimum absolute atomic E-state index is 0.371. The average molecular weight is 307 g/mol. The van der Waals surface area contributed by atoms with E-state index in [0.717, 1.165) is 41.7 Å². The van der Waals surface area contributed by atoms with Crippen molar-refractivity contribution in [3.05, 3.63) is 34.9 Å². The fraction of sp³-hybridized carbons (Fsp3) is 0.357. The third-order valence-electron chi connectivity index (χ3n) is 3.25. The van der Waals surface area contributed by atoms with Crippen molar-refractivity contribution >= 4 is 32.5 Å². The van der Waals surface area contributed by atoms with Gasteiger partial charge in [0, 0.05) is 28.0 Å². The van der Waals surface area contributed by atoms with Gasteiger partial charge < -0.3 is 10.1 Å². The van der Waals surface area contributed by atoms with Crippen molar-refractivity contribution in [3.63, 3.8) is 0 Å². The molecule has 3 nitrogen and oxygen atoms in total. The van der Waals surface area contributed by atoms with Gasteiger partial charge in [-0.2, -0.15) is 0 Å². The molecule has 1 unspecified atom stereocenters. The molecule has 18 heavy (non-hydrogen) atoms. The first kappa shape index (κ1) is 11.9. The first-order chi connectivity index (χ1) is 8.84. The van der Waals surface area contributed by atoms with E-state index in [-0.39, 0.29) is 0 Å². The fourth-order valence-corrected chi connectivity index (χ4v) is 2.83. The monoisotopic (exact) mass is 306 g/mol. The highest BCUT2D eigenvalue weighted by Gasteiger charge is 2.15. The smallest absolute Gasteiger partial charge is 0.134 e. The zero-order chi connectivity index (χ0) is 12.4. The lowest BCUT2D eigenvalue weighted by molar-refractivity contribution is 0.0875. The number of hydrogen-bond acceptors (Lipinski definition) is 3. The molecule has 0 spiro atoms. The number of benzene rings is 1. The van der Waals surface area contributed by atoms with E-state index in [1.807, 2.05) is 18.3 Å². The molecule has 1 aliphatic heterocycles. The van der Waals surface area contributed by atoms with Crippen LogP contribution in [0.1, 0.15) is 12.8 Å². The van der Waals surface area contributed by atoms with Crippen LogP contribution in [0.15, 0.2) is 34.9 Å². The fourth-order valence-electron chi connectivity index (χ4n) is 2.33. The van der Waals surface area contributed by atoms with E-state index in [4.69, 9.17) is 4.74 Å². The third-order valence-corrected chi connectivity index (χ3v) is 3.95. The predicted octanol–water partition coefficient (Wildman–Crippen LogP) is 3.59. The maximum atomic E-state index is 5.49. The van der Waals surface area contributed by atoms with Crippen LogP contribution >= 0.6 is 15.9 Å². The van der Waals surface area contributed by atoms with Gasteiger partial charge >= 0.3 is 0 Å². The second-order valence-electron chi connectivity index (χ2n) is 4.55. The Labute approximate surface area is 115 Å². The van der Waals surface area contributed by atoms with Crippen LogP contribution in [-0.4, -0.2) is 24.2 Å². The quantitative estimate of drug-likeness (QED) is 0.920. The largest absolute Gasteiger partial charge is 0.379 e. The second-order valence-corrected chi connectivity index (χ2v) is 5.41. The Kier molecular flexibility index (Phi) is 3.48. The molecule has 1 saturated heterocycles. The van der Waals surface area contributed by atoms with Crippen molar-refractivity contribution in [2.75, 3.05) is 18.5 Å². The number of fused-ring (bicyclic) bond motifs is 1. The van der Waals surface area contributed by atoms with Crippen LogP contribution in [0.25, 0.3) is 10.8 Å². The standard InChI is InChI=1S/C14H15BrN2O/c15-13-5-1-4-12-11(13)6-7-16-14(12)17-10-3-2-8-18-9-10/h1,4-7,10H,2-3,8-9H2,(H,16,17). The SMILES string of the molecule is Brc1cccc2c(NC3CCCOC3)nccc12. The van der Waals surface area contributed by atoms with Gasteiger partial charge in [-0.25, -0.2) is 4.98 Å². The summed E-state index contributed by atoms with van der Waals surface area (Å²) in [7, 11) is 0. The van der Waals surface area contributed by atoms with Gasteiger partial charge in [0.2, 0.25) is 0 Å². The molecular formula is C14H15BrN2O. The van der Waals surface area contributed by atoms with E-state index in [2.05, 4.69) is 38.4 Å². The molecule has 0 amide bonds. The lowest BCUT2D eigenvalue weighted by atomic mass is 10.1. The molecule has 1 fully saturated rings. The summed E-state index contributed by atoms with van der Waals surface area (Å²) < 4.78 is 6.59. The summed E-state index contributed by atoms with van der Waals surface area (Å²) in [6.45, 7) is 1.65. The van der Waals surface area contributed by atoms with Gasteiger partial charge in [-0.05, 0) is 25.0 Å². The highest BCUT2D eigenvalue weighted by atomic mass is 79.9. The lowest BCUT2D eigenvalue weighted by Gasteiger charge is -2.24. The normalized spacial score (nSPS) is 19.9. The molecule has 1 aromatic carbocycles. The summed E-state index contributed by atoms with van der Waals surface area (Å²) in [4.78, 5) is 4.45. The Hall–Kier alpha value is -1.13. The molecule has 4 heteroatoms. The Morgan fingerprint density at radius 3 is 3.06 bits per heavy atom. The number of rotatable bonds is 2. The van der Waals surface area contributed by atoms with Gasteiger partial charge in [-0.3, -0.25) is 0 Å². The molecule has 2 heterocycles. The summed E-state index contributed by atoms with van der Waals surface area (Å²) in [5.41, 5.74) is 0. The van der Waals surface area contributed by atoms with Gasteiger partial charge in [0.05, 0.1) is 12.6 Å². The number of ether oxygens (including phenoxy) is 1. The van der Waals surface area contributed by atoms with Crippen LogP contribution in [0.2, 0.25) is 0 Å². The number of anilines is 1. The first-order valence-electron chi connectivity index (χ1n) is 6.22. The second kappa shape index (κ2) is 5.24. The summed E-state index contributed by atoms with van der Waals surface area (Å²) in [5.74, 6) is 0.948. The molecule has 2 aromatic rings. The highest BCUT2D eigenvalue weighted by molar-refractivity contribution is 9.10. The van der Waals surface area contributed by atoms with E-state index >= 15 is 0 Å². The lowest BCUT2D eigenvalue weighted by Crippen LogP contribution is -2.30. The molecule has 0 radical (unpaired) electrons. The molecule has 0 aliphatic carbocycles. The molecule has 94 valence electrons. The van der Waals surface area contributed by atoms with Gasteiger partial charge in [0.15, 0.2) is 0 Å². The molecular weight excluding hydrogens is 292 g/mol. The van der Waals surface area contributed by atoms with Crippen LogP contribution in [0, 0.1) is 0 Å². The minimum Gasteiger partial charge on any atom is -0.379 e. The van der Waals surface area contributed by atoms with E-state index in [1.54, 1.807) is 0 Å². The number of halogens is 1. The summed E-state index contributed by atoms with van der Waals surface area (Å²) in [5, 5.41) is 5.83. The number of nitrogens with zero attached hydrogens (tertiary/aromatic N) is 1. The van der Waals surface area contributed by atoms with E-state index in [1.165, 1.54) is 5.39 Å². The molecule has 1 N–H and O–H groups in total. The minimum atomic E-state index is 0.371. The van der Waals surface area contributed by atoms with Gasteiger partial charge in [-0.15, -0.1) is 0 Å². The molecule has 0 bridgehead atoms. The van der Waals surface area contributed by atoms with Gasteiger partial charge in [0.25, 0.3) is 0 Å². The van der Waals surface area contributed by atoms with Crippen LogP contribution in [-0.2, 0) is 4.74 Å². The summed E-state index contributed by atoms with van der Waals surface area (Å²) in [6.07, 6.45) is 4.11. The number of aromatic nitrogens is 1. The van der Waals surface area contributed by atoms with Crippen molar-refractivity contribution in [1.29, 1.82) is 0 Å². The van der Waals surface area contributed by atoms with Gasteiger partial charge in [0.1, 0.15) is 5.82 Å². The topological polar surface area (TPSA) is 34.1 Å². The molecule has 3 rings (SSSR count). The van der Waals surface area contributed by atoms with Crippen LogP contribution in [0.4, 0.5) is 5.82 Å². The van der Waals surface area contributed by atoms with E-state index in [9.17, 15) is 0 Å². The van der Waals surface area contributed by atoms with Crippen LogP contribution in [0.5, 0.6) is 0 Å². The molecule has 1 aromatic heterocycles. The highest BCUT2D eigenvalue weighted by Crippen LogP contribution is 2.28. The predicted molar refractivity (Wildman–Crippen MR) is 76.9 cm³/mol. The molecule has 1 aliphatic rings. The number of pyridine rings is 1. The zero-order valence-corrected chi connectivity index (χ0v) is 11.6. The Bertz CT molecular complexity index is 552. The van der Waals surface area contributed by atoms with E-state index in [0.29, 0.717) is 6.04 Å². The van der Waals surface area contributed by atoms with Crippen LogP contribution < -0.4 is 5.32 Å². The maximum Gasteiger partial charge on any atom is 0.134 e. The van der Waals surface area contributed by atoms with E-state index < -0.39 is 0 Å². The van der Waals surface area contributed by atoms with Crippen molar-refractivity contribution in [2.45, 2.75) is 18.9 Å². The Balaban J connectivity index is 1.93. The molecule has 0 saturated carbocycles. The maximum absolute atomic E-state index is 5.49. The summed E-state index contributed by atoms with van der Waals surface area (Å²) >= 11 is 3.58. The first-order valence-corrected chi connectivity index (χ1v) is 7.01. The third kappa shape index (κ3) is 2.35.